The maximum atomic E-state index is 12.5. The van der Waals surface area contributed by atoms with E-state index in [1.807, 2.05) is 32.0 Å². The quantitative estimate of drug-likeness (QED) is 0.310. The van der Waals surface area contributed by atoms with Crippen LogP contribution in [0.25, 0.3) is 6.08 Å². The minimum absolute atomic E-state index is 0.187. The number of thioether (sulfide) groups is 1. The molecular weight excluding hydrogens is 555 g/mol. The number of ether oxygens (including phenoxy) is 2. The molecule has 0 radical (unpaired) electrons. The van der Waals surface area contributed by atoms with Crippen molar-refractivity contribution in [2.24, 2.45) is 0 Å². The number of carboxylic acids is 1. The van der Waals surface area contributed by atoms with Crippen LogP contribution in [0.2, 0.25) is 5.02 Å². The Morgan fingerprint density at radius 2 is 2.13 bits per heavy atom. The molecule has 31 heavy (non-hydrogen) atoms. The molecule has 2 aromatic rings. The lowest BCUT2D eigenvalue weighted by Crippen LogP contribution is -2.31. The van der Waals surface area contributed by atoms with Crippen molar-refractivity contribution in [3.05, 3.63) is 55.0 Å². The molecule has 1 amide bonds. The first-order chi connectivity index (χ1) is 14.8. The van der Waals surface area contributed by atoms with E-state index in [0.717, 1.165) is 16.8 Å². The van der Waals surface area contributed by atoms with E-state index in [1.54, 1.807) is 18.2 Å². The van der Waals surface area contributed by atoms with E-state index in [9.17, 15) is 9.59 Å². The van der Waals surface area contributed by atoms with E-state index < -0.39 is 12.6 Å². The molecule has 1 saturated heterocycles. The van der Waals surface area contributed by atoms with Crippen LogP contribution in [0.4, 0.5) is 5.69 Å². The number of nitrogens with one attached hydrogen (secondary N) is 2. The van der Waals surface area contributed by atoms with E-state index in [4.69, 9.17) is 26.2 Å². The Morgan fingerprint density at radius 3 is 2.81 bits per heavy atom. The summed E-state index contributed by atoms with van der Waals surface area (Å²) in [4.78, 5) is 23.9. The van der Waals surface area contributed by atoms with E-state index in [1.165, 1.54) is 11.8 Å². The largest absolute Gasteiger partial charge is 0.490 e. The highest BCUT2D eigenvalue weighted by molar-refractivity contribution is 14.1. The number of hydrogen-bond acceptors (Lipinski definition) is 6. The summed E-state index contributed by atoms with van der Waals surface area (Å²) in [5.74, 6) is -0.461. The number of benzene rings is 2. The second-order valence-corrected chi connectivity index (χ2v) is 9.27. The zero-order valence-electron chi connectivity index (χ0n) is 16.7. The molecule has 0 bridgehead atoms. The third-order valence-electron chi connectivity index (χ3n) is 4.18. The lowest BCUT2D eigenvalue weighted by Gasteiger charge is -2.15. The van der Waals surface area contributed by atoms with Gasteiger partial charge in [-0.3, -0.25) is 4.79 Å². The summed E-state index contributed by atoms with van der Waals surface area (Å²) in [6.07, 6.45) is 1.77. The van der Waals surface area contributed by atoms with Crippen molar-refractivity contribution in [3.63, 3.8) is 0 Å². The fourth-order valence-electron chi connectivity index (χ4n) is 2.86. The van der Waals surface area contributed by atoms with Gasteiger partial charge in [-0.1, -0.05) is 23.4 Å². The van der Waals surface area contributed by atoms with Crippen LogP contribution in [0.1, 0.15) is 18.1 Å². The highest BCUT2D eigenvalue weighted by Crippen LogP contribution is 2.37. The first kappa shape index (κ1) is 23.6. The van der Waals surface area contributed by atoms with Gasteiger partial charge in [-0.05, 0) is 84.0 Å². The van der Waals surface area contributed by atoms with Crippen molar-refractivity contribution in [1.29, 1.82) is 0 Å². The first-order valence-corrected chi connectivity index (χ1v) is 11.6. The standard InChI is InChI=1S/C21H20ClIN2O5S/c1-3-29-16-8-12(7-14(23)19(16)30-10-18(26)27)9-17-20(28)25-21(31-17)24-15-5-4-13(22)6-11(15)2/h4-9,21,24H,3,10H2,1-2H3,(H,25,28)(H,26,27)/b17-9-. The molecule has 2 aromatic carbocycles. The molecule has 0 aromatic heterocycles. The van der Waals surface area contributed by atoms with Crippen LogP contribution in [0.15, 0.2) is 35.2 Å². The SMILES string of the molecule is CCOc1cc(/C=C2\SC(Nc3ccc(Cl)cc3C)NC2=O)cc(I)c1OCC(=O)O. The Kier molecular flexibility index (Phi) is 7.95. The van der Waals surface area contributed by atoms with Crippen LogP contribution >= 0.6 is 46.0 Å². The summed E-state index contributed by atoms with van der Waals surface area (Å²) in [6.45, 7) is 3.69. The minimum Gasteiger partial charge on any atom is -0.490 e. The van der Waals surface area contributed by atoms with Gasteiger partial charge in [0.2, 0.25) is 0 Å². The zero-order valence-corrected chi connectivity index (χ0v) is 20.4. The van der Waals surface area contributed by atoms with Gasteiger partial charge in [0.1, 0.15) is 0 Å². The summed E-state index contributed by atoms with van der Waals surface area (Å²) in [7, 11) is 0. The number of carboxylic acid groups (broad SMARTS) is 1. The summed E-state index contributed by atoms with van der Waals surface area (Å²) in [5.41, 5.74) is 2.29. The van der Waals surface area contributed by atoms with E-state index in [2.05, 4.69) is 33.2 Å². The molecule has 1 aliphatic rings. The minimum atomic E-state index is -1.07. The molecular formula is C21H20ClIN2O5S. The third-order valence-corrected chi connectivity index (χ3v) is 6.24. The monoisotopic (exact) mass is 574 g/mol. The number of anilines is 1. The van der Waals surface area contributed by atoms with Crippen molar-refractivity contribution in [1.82, 2.24) is 5.32 Å². The molecule has 1 atom stereocenters. The Labute approximate surface area is 202 Å². The van der Waals surface area contributed by atoms with Crippen LogP contribution in [0, 0.1) is 10.5 Å². The van der Waals surface area contributed by atoms with E-state index in [0.29, 0.717) is 31.6 Å². The Hall–Kier alpha value is -2.11. The van der Waals surface area contributed by atoms with Crippen molar-refractivity contribution in [2.45, 2.75) is 19.3 Å². The highest BCUT2D eigenvalue weighted by atomic mass is 127. The van der Waals surface area contributed by atoms with Gasteiger partial charge in [-0.15, -0.1) is 0 Å². The molecule has 1 aliphatic heterocycles. The van der Waals surface area contributed by atoms with Gasteiger partial charge in [-0.25, -0.2) is 4.79 Å². The van der Waals surface area contributed by atoms with Gasteiger partial charge in [0.05, 0.1) is 15.1 Å². The fourth-order valence-corrected chi connectivity index (χ4v) is 4.84. The number of aryl methyl sites for hydroxylation is 1. The number of halogens is 2. The second-order valence-electron chi connectivity index (χ2n) is 6.53. The van der Waals surface area contributed by atoms with Crippen molar-refractivity contribution >= 4 is 69.6 Å². The molecule has 164 valence electrons. The van der Waals surface area contributed by atoms with E-state index in [-0.39, 0.29) is 11.4 Å². The Balaban J connectivity index is 1.80. The molecule has 7 nitrogen and oxygen atoms in total. The predicted octanol–water partition coefficient (Wildman–Crippen LogP) is 4.71. The molecule has 1 heterocycles. The Morgan fingerprint density at radius 1 is 1.35 bits per heavy atom. The lowest BCUT2D eigenvalue weighted by atomic mass is 10.2. The predicted molar refractivity (Wildman–Crippen MR) is 131 cm³/mol. The number of hydrogen-bond donors (Lipinski definition) is 3. The summed E-state index contributed by atoms with van der Waals surface area (Å²) < 4.78 is 11.7. The van der Waals surface area contributed by atoms with Crippen LogP contribution in [-0.2, 0) is 9.59 Å². The first-order valence-electron chi connectivity index (χ1n) is 9.29. The van der Waals surface area contributed by atoms with Crippen LogP contribution in [0.5, 0.6) is 11.5 Å². The number of rotatable bonds is 8. The lowest BCUT2D eigenvalue weighted by molar-refractivity contribution is -0.139. The molecule has 10 heteroatoms. The Bertz CT molecular complexity index is 1050. The summed E-state index contributed by atoms with van der Waals surface area (Å²) >= 11 is 9.43. The number of amides is 1. The van der Waals surface area contributed by atoms with Crippen molar-refractivity contribution in [2.75, 3.05) is 18.5 Å². The van der Waals surface area contributed by atoms with E-state index >= 15 is 0 Å². The van der Waals surface area contributed by atoms with Gasteiger partial charge >= 0.3 is 5.97 Å². The van der Waals surface area contributed by atoms with Crippen molar-refractivity contribution < 1.29 is 24.2 Å². The summed E-state index contributed by atoms with van der Waals surface area (Å²) in [6, 6.07) is 9.06. The van der Waals surface area contributed by atoms with Gasteiger partial charge < -0.3 is 25.2 Å². The third kappa shape index (κ3) is 6.20. The van der Waals surface area contributed by atoms with Gasteiger partial charge in [0.15, 0.2) is 23.6 Å². The number of aliphatic carboxylic acids is 1. The number of carbonyl (C=O) groups excluding carboxylic acids is 1. The fraction of sp³-hybridized carbons (Fsp3) is 0.238. The average molecular weight is 575 g/mol. The molecule has 0 saturated carbocycles. The normalized spacial score (nSPS) is 16.8. The zero-order chi connectivity index (χ0) is 22.5. The van der Waals surface area contributed by atoms with Gasteiger partial charge in [-0.2, -0.15) is 0 Å². The molecule has 1 fully saturated rings. The van der Waals surface area contributed by atoms with Crippen LogP contribution in [-0.4, -0.2) is 35.7 Å². The molecule has 3 rings (SSSR count). The molecule has 3 N–H and O–H groups in total. The van der Waals surface area contributed by atoms with Crippen LogP contribution < -0.4 is 20.1 Å². The van der Waals surface area contributed by atoms with Gasteiger partial charge in [0, 0.05) is 10.7 Å². The highest BCUT2D eigenvalue weighted by Gasteiger charge is 2.27. The van der Waals surface area contributed by atoms with Gasteiger partial charge in [0.25, 0.3) is 5.91 Å². The maximum absolute atomic E-state index is 12.5. The maximum Gasteiger partial charge on any atom is 0.341 e. The molecule has 1 unspecified atom stereocenters. The molecule has 0 spiro atoms. The van der Waals surface area contributed by atoms with Crippen LogP contribution in [0.3, 0.4) is 0 Å². The number of carbonyl (C=O) groups is 2. The van der Waals surface area contributed by atoms with Crippen molar-refractivity contribution in [3.8, 4) is 11.5 Å². The average Bonchev–Trinajstić information content (AvgIpc) is 3.02. The smallest absolute Gasteiger partial charge is 0.341 e. The topological polar surface area (TPSA) is 96.9 Å². The second kappa shape index (κ2) is 10.5. The summed E-state index contributed by atoms with van der Waals surface area (Å²) in [5, 5.41) is 15.7. The molecule has 0 aliphatic carbocycles.